The number of rotatable bonds is 7. The number of carbonyl (C=O) groups excluding carboxylic acids is 3. The zero-order chi connectivity index (χ0) is 20.2. The minimum atomic E-state index is -0.686. The molecule has 1 saturated heterocycles. The van der Waals surface area contributed by atoms with Crippen LogP contribution in [0.4, 0.5) is 4.79 Å². The van der Waals surface area contributed by atoms with Crippen molar-refractivity contribution in [3.63, 3.8) is 0 Å². The number of ketones is 1. The first-order valence-corrected chi connectivity index (χ1v) is 9.65. The number of nitrogens with one attached hydrogen (secondary N) is 2. The maximum Gasteiger partial charge on any atom is 0.407 e. The van der Waals surface area contributed by atoms with Gasteiger partial charge < -0.3 is 14.8 Å². The van der Waals surface area contributed by atoms with Crippen LogP contribution >= 0.6 is 0 Å². The fraction of sp³-hybridized carbons (Fsp3) is 0.318. The van der Waals surface area contributed by atoms with Crippen molar-refractivity contribution in [1.29, 1.82) is 0 Å². The third-order valence-corrected chi connectivity index (χ3v) is 5.17. The molecule has 0 bridgehead atoms. The molecular formula is C22H22N2O5. The molecule has 29 heavy (non-hydrogen) atoms. The SMILES string of the molecule is O=C(CNC(=O)OCC1c2ccccc2-c2ccccc21)CC(=O)OC1CCN1. The van der Waals surface area contributed by atoms with Gasteiger partial charge in [0.1, 0.15) is 13.0 Å². The molecule has 0 saturated carbocycles. The zero-order valence-electron chi connectivity index (χ0n) is 15.9. The van der Waals surface area contributed by atoms with Crippen molar-refractivity contribution in [3.8, 4) is 11.1 Å². The van der Waals surface area contributed by atoms with Crippen LogP contribution in [0, 0.1) is 0 Å². The van der Waals surface area contributed by atoms with Gasteiger partial charge in [-0.25, -0.2) is 4.79 Å². The number of benzene rings is 2. The summed E-state index contributed by atoms with van der Waals surface area (Å²) in [5, 5.41) is 5.32. The van der Waals surface area contributed by atoms with E-state index in [0.29, 0.717) is 0 Å². The van der Waals surface area contributed by atoms with Crippen molar-refractivity contribution in [2.75, 3.05) is 19.7 Å². The average molecular weight is 394 g/mol. The maximum atomic E-state index is 12.0. The highest BCUT2D eigenvalue weighted by atomic mass is 16.6. The van der Waals surface area contributed by atoms with E-state index in [1.54, 1.807) is 0 Å². The van der Waals surface area contributed by atoms with Gasteiger partial charge in [-0.15, -0.1) is 0 Å². The highest BCUT2D eigenvalue weighted by molar-refractivity contribution is 5.97. The van der Waals surface area contributed by atoms with Crippen molar-refractivity contribution in [1.82, 2.24) is 10.6 Å². The van der Waals surface area contributed by atoms with Crippen LogP contribution in [0.1, 0.15) is 29.9 Å². The molecule has 7 heteroatoms. The van der Waals surface area contributed by atoms with Gasteiger partial charge in [-0.2, -0.15) is 0 Å². The number of esters is 1. The van der Waals surface area contributed by atoms with Gasteiger partial charge >= 0.3 is 12.1 Å². The Labute approximate surface area is 168 Å². The monoisotopic (exact) mass is 394 g/mol. The standard InChI is InChI=1S/C22H22N2O5/c25-14(11-21(26)29-20-9-10-23-20)12-24-22(27)28-13-19-17-7-3-1-5-15(17)16-6-2-4-8-18(16)19/h1-8,19-20,23H,9-13H2,(H,24,27). The number of hydrogen-bond donors (Lipinski definition) is 2. The summed E-state index contributed by atoms with van der Waals surface area (Å²) in [6.07, 6.45) is -0.612. The predicted molar refractivity (Wildman–Crippen MR) is 105 cm³/mol. The van der Waals surface area contributed by atoms with Crippen LogP contribution in [0.2, 0.25) is 0 Å². The lowest BCUT2D eigenvalue weighted by molar-refractivity contribution is -0.155. The van der Waals surface area contributed by atoms with Crippen LogP contribution in [0.25, 0.3) is 11.1 Å². The van der Waals surface area contributed by atoms with Gasteiger partial charge in [0, 0.05) is 18.9 Å². The Kier molecular flexibility index (Phi) is 5.57. The summed E-state index contributed by atoms with van der Waals surface area (Å²) in [6, 6.07) is 16.1. The molecule has 2 aliphatic rings. The Morgan fingerprint density at radius 3 is 2.21 bits per heavy atom. The second-order valence-corrected chi connectivity index (χ2v) is 7.12. The first-order chi connectivity index (χ1) is 14.1. The summed E-state index contributed by atoms with van der Waals surface area (Å²) < 4.78 is 10.4. The third-order valence-electron chi connectivity index (χ3n) is 5.17. The van der Waals surface area contributed by atoms with Crippen LogP contribution in [-0.4, -0.2) is 43.8 Å². The zero-order valence-corrected chi connectivity index (χ0v) is 15.9. The van der Waals surface area contributed by atoms with Crippen molar-refractivity contribution < 1.29 is 23.9 Å². The number of amides is 1. The molecule has 1 amide bonds. The lowest BCUT2D eigenvalue weighted by Crippen LogP contribution is -2.46. The molecule has 0 radical (unpaired) electrons. The minimum Gasteiger partial charge on any atom is -0.449 e. The number of hydrogen-bond acceptors (Lipinski definition) is 6. The second kappa shape index (κ2) is 8.45. The molecule has 0 spiro atoms. The largest absolute Gasteiger partial charge is 0.449 e. The molecule has 1 fully saturated rings. The molecule has 2 aromatic carbocycles. The molecule has 7 nitrogen and oxygen atoms in total. The number of carbonyl (C=O) groups is 3. The van der Waals surface area contributed by atoms with E-state index in [-0.39, 0.29) is 31.7 Å². The van der Waals surface area contributed by atoms with Crippen molar-refractivity contribution in [3.05, 3.63) is 59.7 Å². The number of alkyl carbamates (subject to hydrolysis) is 1. The lowest BCUT2D eigenvalue weighted by Gasteiger charge is -2.26. The van der Waals surface area contributed by atoms with Crippen LogP contribution in [0.15, 0.2) is 48.5 Å². The molecule has 1 aliphatic carbocycles. The number of Topliss-reactive ketones (excluding diaryl/α,β-unsaturated/α-hetero) is 1. The van der Waals surface area contributed by atoms with Gasteiger partial charge in [0.25, 0.3) is 0 Å². The van der Waals surface area contributed by atoms with E-state index in [0.717, 1.165) is 35.2 Å². The van der Waals surface area contributed by atoms with Crippen LogP contribution in [-0.2, 0) is 19.1 Å². The minimum absolute atomic E-state index is 0.0474. The predicted octanol–water partition coefficient (Wildman–Crippen LogP) is 2.35. The fourth-order valence-corrected chi connectivity index (χ4v) is 3.61. The van der Waals surface area contributed by atoms with Gasteiger partial charge in [-0.3, -0.25) is 14.9 Å². The second-order valence-electron chi connectivity index (χ2n) is 7.12. The summed E-state index contributed by atoms with van der Waals surface area (Å²) in [5.41, 5.74) is 4.52. The van der Waals surface area contributed by atoms with E-state index in [1.807, 2.05) is 36.4 Å². The number of ether oxygens (including phenoxy) is 2. The molecule has 4 rings (SSSR count). The number of fused-ring (bicyclic) bond motifs is 3. The Morgan fingerprint density at radius 2 is 1.62 bits per heavy atom. The topological polar surface area (TPSA) is 93.7 Å². The maximum absolute atomic E-state index is 12.0. The molecule has 1 unspecified atom stereocenters. The van der Waals surface area contributed by atoms with Crippen molar-refractivity contribution >= 4 is 17.8 Å². The summed E-state index contributed by atoms with van der Waals surface area (Å²) in [4.78, 5) is 35.5. The molecule has 1 atom stereocenters. The average Bonchev–Trinajstić information content (AvgIpc) is 3.01. The summed E-state index contributed by atoms with van der Waals surface area (Å²) in [6.45, 7) is 0.697. The molecule has 1 aliphatic heterocycles. The van der Waals surface area contributed by atoms with Crippen LogP contribution < -0.4 is 10.6 Å². The molecule has 150 valence electrons. The molecule has 1 heterocycles. The Morgan fingerprint density at radius 1 is 1.00 bits per heavy atom. The smallest absolute Gasteiger partial charge is 0.407 e. The van der Waals surface area contributed by atoms with Crippen molar-refractivity contribution in [2.24, 2.45) is 0 Å². The third kappa shape index (κ3) is 4.30. The van der Waals surface area contributed by atoms with E-state index in [4.69, 9.17) is 9.47 Å². The summed E-state index contributed by atoms with van der Waals surface area (Å²) in [5.74, 6) is -1.07. The molecular weight excluding hydrogens is 372 g/mol. The molecule has 2 aromatic rings. The first-order valence-electron chi connectivity index (χ1n) is 9.65. The Hall–Kier alpha value is -3.19. The van der Waals surface area contributed by atoms with Crippen molar-refractivity contribution in [2.45, 2.75) is 25.0 Å². The van der Waals surface area contributed by atoms with Gasteiger partial charge in [-0.05, 0) is 22.3 Å². The van der Waals surface area contributed by atoms with Gasteiger partial charge in [0.15, 0.2) is 12.0 Å². The van der Waals surface area contributed by atoms with Crippen LogP contribution in [0.3, 0.4) is 0 Å². The van der Waals surface area contributed by atoms with Gasteiger partial charge in [0.05, 0.1) is 6.54 Å². The Bertz CT molecular complexity index is 893. The highest BCUT2D eigenvalue weighted by Gasteiger charge is 2.29. The highest BCUT2D eigenvalue weighted by Crippen LogP contribution is 2.44. The van der Waals surface area contributed by atoms with E-state index >= 15 is 0 Å². The summed E-state index contributed by atoms with van der Waals surface area (Å²) in [7, 11) is 0. The van der Waals surface area contributed by atoms with E-state index < -0.39 is 17.8 Å². The summed E-state index contributed by atoms with van der Waals surface area (Å²) >= 11 is 0. The fourth-order valence-electron chi connectivity index (χ4n) is 3.61. The van der Waals surface area contributed by atoms with E-state index in [9.17, 15) is 14.4 Å². The Balaban J connectivity index is 1.26. The normalized spacial score (nSPS) is 16.9. The van der Waals surface area contributed by atoms with Crippen LogP contribution in [0.5, 0.6) is 0 Å². The van der Waals surface area contributed by atoms with Gasteiger partial charge in [-0.1, -0.05) is 48.5 Å². The lowest BCUT2D eigenvalue weighted by atomic mass is 9.98. The first kappa shape index (κ1) is 19.1. The quantitative estimate of drug-likeness (QED) is 0.553. The van der Waals surface area contributed by atoms with E-state index in [1.165, 1.54) is 0 Å². The van der Waals surface area contributed by atoms with Gasteiger partial charge in [0.2, 0.25) is 0 Å². The molecule has 2 N–H and O–H groups in total. The molecule has 0 aromatic heterocycles. The van der Waals surface area contributed by atoms with E-state index in [2.05, 4.69) is 22.8 Å².